The predicted molar refractivity (Wildman–Crippen MR) is 101 cm³/mol. The zero-order valence-corrected chi connectivity index (χ0v) is 14.9. The van der Waals surface area contributed by atoms with Crippen LogP contribution in [0.15, 0.2) is 48.5 Å². The van der Waals surface area contributed by atoms with Crippen molar-refractivity contribution in [2.24, 2.45) is 5.92 Å². The maximum Gasteiger partial charge on any atom is 0.124 e. The van der Waals surface area contributed by atoms with Crippen LogP contribution in [-0.2, 0) is 6.54 Å². The zero-order valence-electron chi connectivity index (χ0n) is 14.9. The average molecular weight is 337 g/mol. The summed E-state index contributed by atoms with van der Waals surface area (Å²) in [5, 5.41) is 10.1. The lowest BCUT2D eigenvalue weighted by Crippen LogP contribution is -2.35. The highest BCUT2D eigenvalue weighted by Crippen LogP contribution is 2.53. The number of fused-ring (bicyclic) bond motifs is 3. The second-order valence-electron chi connectivity index (χ2n) is 7.33. The Morgan fingerprint density at radius 3 is 2.60 bits per heavy atom. The zero-order chi connectivity index (χ0) is 17.2. The molecule has 1 saturated carbocycles. The van der Waals surface area contributed by atoms with Crippen molar-refractivity contribution in [1.29, 1.82) is 0 Å². The van der Waals surface area contributed by atoms with Gasteiger partial charge >= 0.3 is 0 Å². The monoisotopic (exact) mass is 337 g/mol. The maximum atomic E-state index is 10.1. The van der Waals surface area contributed by atoms with Crippen LogP contribution in [0.1, 0.15) is 42.7 Å². The number of methoxy groups -OCH3 is 1. The molecule has 3 unspecified atom stereocenters. The molecule has 0 radical (unpaired) electrons. The molecule has 0 spiro atoms. The van der Waals surface area contributed by atoms with Crippen LogP contribution in [0.25, 0.3) is 0 Å². The molecule has 4 rings (SSSR count). The van der Waals surface area contributed by atoms with Crippen LogP contribution in [0.5, 0.6) is 5.75 Å². The quantitative estimate of drug-likeness (QED) is 0.900. The van der Waals surface area contributed by atoms with E-state index in [0.717, 1.165) is 18.7 Å². The molecular formula is C22H27NO2. The lowest BCUT2D eigenvalue weighted by molar-refractivity contribution is 0.191. The summed E-state index contributed by atoms with van der Waals surface area (Å²) in [4.78, 5) is 2.56. The normalized spacial score (nSPS) is 25.2. The van der Waals surface area contributed by atoms with Crippen molar-refractivity contribution in [3.05, 3.63) is 59.7 Å². The Labute approximate surface area is 150 Å². The summed E-state index contributed by atoms with van der Waals surface area (Å²) < 4.78 is 5.73. The molecule has 0 bridgehead atoms. The van der Waals surface area contributed by atoms with Crippen LogP contribution >= 0.6 is 0 Å². The van der Waals surface area contributed by atoms with Gasteiger partial charge in [0.05, 0.1) is 7.11 Å². The Morgan fingerprint density at radius 2 is 1.84 bits per heavy atom. The van der Waals surface area contributed by atoms with Gasteiger partial charge in [0.1, 0.15) is 5.75 Å². The van der Waals surface area contributed by atoms with Gasteiger partial charge in [-0.15, -0.1) is 0 Å². The summed E-state index contributed by atoms with van der Waals surface area (Å²) in [5.41, 5.74) is 3.94. The molecule has 3 nitrogen and oxygen atoms in total. The van der Waals surface area contributed by atoms with Gasteiger partial charge < -0.3 is 14.7 Å². The SMILES string of the molecule is COc1cccc2c1C1C(CO)CCCCC1N2Cc1ccccc1. The van der Waals surface area contributed by atoms with Gasteiger partial charge in [-0.3, -0.25) is 0 Å². The number of aliphatic hydroxyl groups is 1. The van der Waals surface area contributed by atoms with Gasteiger partial charge in [-0.2, -0.15) is 0 Å². The van der Waals surface area contributed by atoms with E-state index in [-0.39, 0.29) is 6.61 Å². The molecule has 3 heteroatoms. The first-order valence-electron chi connectivity index (χ1n) is 9.41. The highest BCUT2D eigenvalue weighted by atomic mass is 16.5. The van der Waals surface area contributed by atoms with E-state index in [1.807, 2.05) is 0 Å². The summed E-state index contributed by atoms with van der Waals surface area (Å²) in [5.74, 6) is 1.66. The van der Waals surface area contributed by atoms with Crippen molar-refractivity contribution in [1.82, 2.24) is 0 Å². The number of aliphatic hydroxyl groups excluding tert-OH is 1. The third-order valence-electron chi connectivity index (χ3n) is 5.98. The van der Waals surface area contributed by atoms with Crippen LogP contribution in [0.3, 0.4) is 0 Å². The molecule has 132 valence electrons. The molecule has 1 heterocycles. The number of hydrogen-bond donors (Lipinski definition) is 1. The standard InChI is InChI=1S/C22H27NO2/c1-25-20-13-7-12-19-22(20)21-17(15-24)10-5-6-11-18(21)23(19)14-16-8-3-2-4-9-16/h2-4,7-9,12-13,17-18,21,24H,5-6,10-11,14-15H2,1H3. The van der Waals surface area contributed by atoms with Crippen LogP contribution in [-0.4, -0.2) is 24.9 Å². The third kappa shape index (κ3) is 2.91. The van der Waals surface area contributed by atoms with Crippen molar-refractivity contribution in [2.75, 3.05) is 18.6 Å². The van der Waals surface area contributed by atoms with Crippen LogP contribution in [0, 0.1) is 5.92 Å². The molecule has 1 aliphatic carbocycles. The molecule has 2 aromatic carbocycles. The minimum atomic E-state index is 0.262. The van der Waals surface area contributed by atoms with Crippen molar-refractivity contribution in [2.45, 2.75) is 44.2 Å². The first kappa shape index (κ1) is 16.5. The molecule has 3 atom stereocenters. The van der Waals surface area contributed by atoms with E-state index in [4.69, 9.17) is 4.74 Å². The molecule has 1 N–H and O–H groups in total. The van der Waals surface area contributed by atoms with E-state index < -0.39 is 0 Å². The number of rotatable bonds is 4. The Morgan fingerprint density at radius 1 is 1.04 bits per heavy atom. The van der Waals surface area contributed by atoms with Gasteiger partial charge in [0, 0.05) is 36.4 Å². The maximum absolute atomic E-state index is 10.1. The predicted octanol–water partition coefficient (Wildman–Crippen LogP) is 4.35. The van der Waals surface area contributed by atoms with Gasteiger partial charge in [-0.05, 0) is 36.5 Å². The molecule has 2 aliphatic rings. The summed E-state index contributed by atoms with van der Waals surface area (Å²) in [7, 11) is 1.76. The average Bonchev–Trinajstić information content (AvgIpc) is 2.82. The van der Waals surface area contributed by atoms with Gasteiger partial charge in [-0.1, -0.05) is 49.2 Å². The van der Waals surface area contributed by atoms with Crippen LogP contribution in [0.2, 0.25) is 0 Å². The minimum absolute atomic E-state index is 0.262. The van der Waals surface area contributed by atoms with Gasteiger partial charge in [0.25, 0.3) is 0 Å². The van der Waals surface area contributed by atoms with E-state index in [2.05, 4.69) is 53.4 Å². The van der Waals surface area contributed by atoms with Gasteiger partial charge in [0.2, 0.25) is 0 Å². The largest absolute Gasteiger partial charge is 0.496 e. The molecule has 2 aromatic rings. The first-order chi connectivity index (χ1) is 12.3. The second-order valence-corrected chi connectivity index (χ2v) is 7.33. The Bertz CT molecular complexity index is 715. The lowest BCUT2D eigenvalue weighted by Gasteiger charge is -2.32. The molecule has 1 aliphatic heterocycles. The topological polar surface area (TPSA) is 32.7 Å². The fraction of sp³-hybridized carbons (Fsp3) is 0.455. The second kappa shape index (κ2) is 7.09. The number of nitrogens with zero attached hydrogens (tertiary/aromatic N) is 1. The van der Waals surface area contributed by atoms with Gasteiger partial charge in [0.15, 0.2) is 0 Å². The fourth-order valence-corrected chi connectivity index (χ4v) is 4.87. The van der Waals surface area contributed by atoms with Crippen molar-refractivity contribution in [3.8, 4) is 5.75 Å². The summed E-state index contributed by atoms with van der Waals surface area (Å²) in [6, 6.07) is 17.5. The third-order valence-corrected chi connectivity index (χ3v) is 5.98. The van der Waals surface area contributed by atoms with Crippen LogP contribution in [0.4, 0.5) is 5.69 Å². The number of benzene rings is 2. The lowest BCUT2D eigenvalue weighted by atomic mass is 9.81. The summed E-state index contributed by atoms with van der Waals surface area (Å²) in [6.07, 6.45) is 4.74. The number of ether oxygens (including phenoxy) is 1. The Kier molecular flexibility index (Phi) is 4.67. The number of hydrogen-bond acceptors (Lipinski definition) is 3. The molecule has 1 fully saturated rings. The van der Waals surface area contributed by atoms with Crippen molar-refractivity contribution >= 4 is 5.69 Å². The summed E-state index contributed by atoms with van der Waals surface area (Å²) >= 11 is 0. The summed E-state index contributed by atoms with van der Waals surface area (Å²) in [6.45, 7) is 1.18. The van der Waals surface area contributed by atoms with E-state index in [1.54, 1.807) is 7.11 Å². The first-order valence-corrected chi connectivity index (χ1v) is 9.41. The van der Waals surface area contributed by atoms with E-state index in [1.165, 1.54) is 36.1 Å². The van der Waals surface area contributed by atoms with Gasteiger partial charge in [-0.25, -0.2) is 0 Å². The molecule has 0 aromatic heterocycles. The fourth-order valence-electron chi connectivity index (χ4n) is 4.87. The van der Waals surface area contributed by atoms with Crippen molar-refractivity contribution < 1.29 is 9.84 Å². The van der Waals surface area contributed by atoms with Crippen molar-refractivity contribution in [3.63, 3.8) is 0 Å². The van der Waals surface area contributed by atoms with Crippen LogP contribution < -0.4 is 9.64 Å². The Balaban J connectivity index is 1.79. The van der Waals surface area contributed by atoms with E-state index >= 15 is 0 Å². The van der Waals surface area contributed by atoms with E-state index in [0.29, 0.717) is 17.9 Å². The molecule has 0 amide bonds. The number of anilines is 1. The Hall–Kier alpha value is -2.00. The molecule has 25 heavy (non-hydrogen) atoms. The smallest absolute Gasteiger partial charge is 0.124 e. The molecular weight excluding hydrogens is 310 g/mol. The molecule has 0 saturated heterocycles. The van der Waals surface area contributed by atoms with E-state index in [9.17, 15) is 5.11 Å². The minimum Gasteiger partial charge on any atom is -0.496 e. The highest BCUT2D eigenvalue weighted by Gasteiger charge is 2.44. The highest BCUT2D eigenvalue weighted by molar-refractivity contribution is 5.67.